The molecule has 3 heteroatoms. The number of unbranched alkanes of at least 4 members (excludes halogenated alkanes) is 1. The van der Waals surface area contributed by atoms with E-state index < -0.39 is 0 Å². The van der Waals surface area contributed by atoms with Gasteiger partial charge in [-0.25, -0.2) is 0 Å². The molecule has 2 rings (SSSR count). The van der Waals surface area contributed by atoms with E-state index >= 15 is 0 Å². The number of methoxy groups -OCH3 is 1. The maximum atomic E-state index is 5.92. The summed E-state index contributed by atoms with van der Waals surface area (Å²) in [4.78, 5) is 1.79. The molecule has 128 valence electrons. The van der Waals surface area contributed by atoms with Crippen LogP contribution in [-0.2, 0) is 6.42 Å². The van der Waals surface area contributed by atoms with Gasteiger partial charge in [-0.1, -0.05) is 12.1 Å². The van der Waals surface area contributed by atoms with Crippen LogP contribution in [0.4, 0.5) is 0 Å². The van der Waals surface area contributed by atoms with Crippen LogP contribution in [0.15, 0.2) is 30.9 Å². The average Bonchev–Trinajstić information content (AvgIpc) is 2.84. The van der Waals surface area contributed by atoms with E-state index in [1.807, 2.05) is 18.2 Å². The highest BCUT2D eigenvalue weighted by molar-refractivity contribution is 5.43. The summed E-state index contributed by atoms with van der Waals surface area (Å²) in [5.41, 5.74) is 1.20. The van der Waals surface area contributed by atoms with E-state index in [9.17, 15) is 0 Å². The molecule has 1 heterocycles. The molecule has 0 saturated carbocycles. The van der Waals surface area contributed by atoms with E-state index in [1.54, 1.807) is 12.0 Å². The third-order valence-electron chi connectivity index (χ3n) is 4.60. The zero-order chi connectivity index (χ0) is 16.3. The van der Waals surface area contributed by atoms with Crippen molar-refractivity contribution in [2.45, 2.75) is 44.9 Å². The summed E-state index contributed by atoms with van der Waals surface area (Å²) in [7, 11) is 1.70. The Morgan fingerprint density at radius 2 is 1.87 bits per heavy atom. The van der Waals surface area contributed by atoms with Gasteiger partial charge in [0.2, 0.25) is 0 Å². The van der Waals surface area contributed by atoms with Gasteiger partial charge in [0.25, 0.3) is 0 Å². The molecule has 23 heavy (non-hydrogen) atoms. The van der Waals surface area contributed by atoms with Crippen LogP contribution in [0.5, 0.6) is 11.5 Å². The van der Waals surface area contributed by atoms with Gasteiger partial charge in [-0.05, 0) is 62.6 Å². The van der Waals surface area contributed by atoms with Crippen molar-refractivity contribution in [2.75, 3.05) is 33.4 Å². The second-order valence-electron chi connectivity index (χ2n) is 6.45. The van der Waals surface area contributed by atoms with Gasteiger partial charge in [0.05, 0.1) is 33.4 Å². The zero-order valence-corrected chi connectivity index (χ0v) is 14.6. The number of ether oxygens (including phenoxy) is 2. The van der Waals surface area contributed by atoms with Gasteiger partial charge in [0.1, 0.15) is 0 Å². The lowest BCUT2D eigenvalue weighted by Crippen LogP contribution is -3.11. The number of allylic oxidation sites excluding steroid dienone is 1. The van der Waals surface area contributed by atoms with Gasteiger partial charge in [0, 0.05) is 0 Å². The molecule has 0 atom stereocenters. The number of likely N-dealkylation sites (tertiary alicyclic amines) is 1. The van der Waals surface area contributed by atoms with E-state index in [-0.39, 0.29) is 0 Å². The van der Waals surface area contributed by atoms with Gasteiger partial charge < -0.3 is 14.4 Å². The average molecular weight is 318 g/mol. The summed E-state index contributed by atoms with van der Waals surface area (Å²) in [5.74, 6) is 1.67. The second-order valence-corrected chi connectivity index (χ2v) is 6.45. The maximum Gasteiger partial charge on any atom is 0.161 e. The lowest BCUT2D eigenvalue weighted by atomic mass is 10.1. The molecule has 1 saturated heterocycles. The predicted molar refractivity (Wildman–Crippen MR) is 95.7 cm³/mol. The summed E-state index contributed by atoms with van der Waals surface area (Å²) in [6, 6.07) is 6.14. The zero-order valence-electron chi connectivity index (χ0n) is 14.6. The summed E-state index contributed by atoms with van der Waals surface area (Å²) in [6.45, 7) is 8.55. The monoisotopic (exact) mass is 318 g/mol. The van der Waals surface area contributed by atoms with E-state index in [1.165, 1.54) is 57.3 Å². The van der Waals surface area contributed by atoms with Crippen LogP contribution in [0.2, 0.25) is 0 Å². The van der Waals surface area contributed by atoms with E-state index in [0.29, 0.717) is 0 Å². The number of hydrogen-bond acceptors (Lipinski definition) is 2. The molecular formula is C20H32NO2+. The fourth-order valence-corrected chi connectivity index (χ4v) is 3.26. The largest absolute Gasteiger partial charge is 0.493 e. The molecule has 0 radical (unpaired) electrons. The van der Waals surface area contributed by atoms with Gasteiger partial charge in [-0.15, -0.1) is 6.58 Å². The van der Waals surface area contributed by atoms with Crippen LogP contribution in [0.3, 0.4) is 0 Å². The number of nitrogens with one attached hydrogen (secondary N) is 1. The van der Waals surface area contributed by atoms with Gasteiger partial charge >= 0.3 is 0 Å². The molecule has 1 fully saturated rings. The van der Waals surface area contributed by atoms with Crippen molar-refractivity contribution in [3.63, 3.8) is 0 Å². The Morgan fingerprint density at radius 1 is 1.09 bits per heavy atom. The Kier molecular flexibility index (Phi) is 8.02. The Morgan fingerprint density at radius 3 is 2.57 bits per heavy atom. The summed E-state index contributed by atoms with van der Waals surface area (Å²) in [6.07, 6.45) is 10.8. The Bertz CT molecular complexity index is 465. The lowest BCUT2D eigenvalue weighted by Gasteiger charge is -2.17. The van der Waals surface area contributed by atoms with Crippen LogP contribution in [0, 0.1) is 0 Å². The minimum Gasteiger partial charge on any atom is -0.493 e. The Balaban J connectivity index is 1.70. The lowest BCUT2D eigenvalue weighted by molar-refractivity contribution is -0.899. The van der Waals surface area contributed by atoms with Crippen molar-refractivity contribution >= 4 is 0 Å². The van der Waals surface area contributed by atoms with E-state index in [4.69, 9.17) is 9.47 Å². The van der Waals surface area contributed by atoms with E-state index in [0.717, 1.165) is 30.9 Å². The standard InChI is InChI=1S/C20H31NO2/c1-3-10-18-11-12-19(20(17-18)22-2)23-16-9-8-15-21-13-6-4-5-7-14-21/h3,11-12,17H,1,4-10,13-16H2,2H3/p+1. The van der Waals surface area contributed by atoms with Crippen LogP contribution >= 0.6 is 0 Å². The van der Waals surface area contributed by atoms with Gasteiger partial charge in [-0.2, -0.15) is 0 Å². The smallest absolute Gasteiger partial charge is 0.161 e. The van der Waals surface area contributed by atoms with Crippen molar-refractivity contribution in [3.8, 4) is 11.5 Å². The first-order valence-electron chi connectivity index (χ1n) is 9.07. The molecule has 1 aromatic carbocycles. The SMILES string of the molecule is C=CCc1ccc(OCCCC[NH+]2CCCCCC2)c(OC)c1. The molecule has 0 aliphatic carbocycles. The third-order valence-corrected chi connectivity index (χ3v) is 4.60. The Hall–Kier alpha value is -1.48. The van der Waals surface area contributed by atoms with Crippen LogP contribution in [0.25, 0.3) is 0 Å². The highest BCUT2D eigenvalue weighted by atomic mass is 16.5. The molecule has 1 N–H and O–H groups in total. The molecule has 1 aromatic rings. The second kappa shape index (κ2) is 10.3. The topological polar surface area (TPSA) is 22.9 Å². The Labute approximate surface area is 141 Å². The van der Waals surface area contributed by atoms with Crippen molar-refractivity contribution in [3.05, 3.63) is 36.4 Å². The van der Waals surface area contributed by atoms with Gasteiger partial charge in [0.15, 0.2) is 11.5 Å². The highest BCUT2D eigenvalue weighted by Gasteiger charge is 2.11. The van der Waals surface area contributed by atoms with Crippen LogP contribution in [-0.4, -0.2) is 33.4 Å². The number of rotatable bonds is 9. The van der Waals surface area contributed by atoms with Crippen molar-refractivity contribution in [1.82, 2.24) is 0 Å². The van der Waals surface area contributed by atoms with Crippen LogP contribution < -0.4 is 14.4 Å². The normalized spacial score (nSPS) is 15.9. The minimum absolute atomic E-state index is 0.768. The number of hydrogen-bond donors (Lipinski definition) is 1. The predicted octanol–water partition coefficient (Wildman–Crippen LogP) is 3.04. The molecule has 0 unspecified atom stereocenters. The van der Waals surface area contributed by atoms with Crippen molar-refractivity contribution < 1.29 is 14.4 Å². The fraction of sp³-hybridized carbons (Fsp3) is 0.600. The third kappa shape index (κ3) is 6.26. The first-order valence-corrected chi connectivity index (χ1v) is 9.07. The molecule has 0 aromatic heterocycles. The molecule has 0 amide bonds. The highest BCUT2D eigenvalue weighted by Crippen LogP contribution is 2.28. The van der Waals surface area contributed by atoms with Crippen molar-refractivity contribution in [1.29, 1.82) is 0 Å². The molecule has 1 aliphatic heterocycles. The summed E-state index contributed by atoms with van der Waals surface area (Å²) in [5, 5.41) is 0. The molecule has 1 aliphatic rings. The summed E-state index contributed by atoms with van der Waals surface area (Å²) < 4.78 is 11.4. The number of quaternary nitrogens is 1. The van der Waals surface area contributed by atoms with Gasteiger partial charge in [-0.3, -0.25) is 0 Å². The van der Waals surface area contributed by atoms with Crippen LogP contribution in [0.1, 0.15) is 44.1 Å². The summed E-state index contributed by atoms with van der Waals surface area (Å²) >= 11 is 0. The quantitative estimate of drug-likeness (QED) is 0.559. The number of benzene rings is 1. The fourth-order valence-electron chi connectivity index (χ4n) is 3.26. The minimum atomic E-state index is 0.768. The molecule has 3 nitrogen and oxygen atoms in total. The van der Waals surface area contributed by atoms with Crippen molar-refractivity contribution in [2.24, 2.45) is 0 Å². The first-order chi connectivity index (χ1) is 11.3. The maximum absolute atomic E-state index is 5.92. The van der Waals surface area contributed by atoms with E-state index in [2.05, 4.69) is 12.6 Å². The molecular weight excluding hydrogens is 286 g/mol. The first kappa shape index (κ1) is 17.9. The molecule has 0 spiro atoms. The molecule has 0 bridgehead atoms.